The first-order valence-electron chi connectivity index (χ1n) is 6.54. The first-order chi connectivity index (χ1) is 9.27. The number of nitrogens with zero attached hydrogens (tertiary/aromatic N) is 2. The molecule has 0 bridgehead atoms. The summed E-state index contributed by atoms with van der Waals surface area (Å²) in [5.41, 5.74) is 0.972. The van der Waals surface area contributed by atoms with E-state index in [9.17, 15) is 4.79 Å². The van der Waals surface area contributed by atoms with Gasteiger partial charge in [0.05, 0.1) is 19.6 Å². The summed E-state index contributed by atoms with van der Waals surface area (Å²) in [4.78, 5) is 14.0. The van der Waals surface area contributed by atoms with Gasteiger partial charge in [0, 0.05) is 12.2 Å². The number of ether oxygens (including phenoxy) is 1. The molecule has 4 nitrogen and oxygen atoms in total. The van der Waals surface area contributed by atoms with Gasteiger partial charge in [-0.25, -0.2) is 4.79 Å². The van der Waals surface area contributed by atoms with Crippen LogP contribution in [-0.2, 0) is 9.53 Å². The molecule has 19 heavy (non-hydrogen) atoms. The van der Waals surface area contributed by atoms with Gasteiger partial charge in [-0.15, -0.1) is 0 Å². The molecule has 0 N–H and O–H groups in total. The van der Waals surface area contributed by atoms with Gasteiger partial charge < -0.3 is 9.64 Å². The van der Waals surface area contributed by atoms with Gasteiger partial charge >= 0.3 is 5.97 Å². The molecule has 4 heteroatoms. The van der Waals surface area contributed by atoms with Crippen LogP contribution in [-0.4, -0.2) is 25.7 Å². The maximum absolute atomic E-state index is 12.0. The second-order valence-electron chi connectivity index (χ2n) is 4.74. The number of hydrogen-bond donors (Lipinski definition) is 0. The van der Waals surface area contributed by atoms with Gasteiger partial charge in [-0.3, -0.25) is 0 Å². The Bertz CT molecular complexity index is 463. The lowest BCUT2D eigenvalue weighted by Gasteiger charge is -2.31. The van der Waals surface area contributed by atoms with Crippen LogP contribution in [0.5, 0.6) is 0 Å². The number of para-hydroxylation sites is 1. The van der Waals surface area contributed by atoms with Crippen LogP contribution in [0.25, 0.3) is 0 Å². The predicted octanol–water partition coefficient (Wildman–Crippen LogP) is 2.36. The summed E-state index contributed by atoms with van der Waals surface area (Å²) in [5.74, 6) is 0.149. The van der Waals surface area contributed by atoms with Crippen LogP contribution in [0.2, 0.25) is 0 Å². The Morgan fingerprint density at radius 1 is 1.47 bits per heavy atom. The van der Waals surface area contributed by atoms with Crippen molar-refractivity contribution in [1.29, 1.82) is 5.26 Å². The lowest BCUT2D eigenvalue weighted by Crippen LogP contribution is -2.44. The summed E-state index contributed by atoms with van der Waals surface area (Å²) in [5, 5.41) is 8.80. The molecule has 0 heterocycles. The van der Waals surface area contributed by atoms with Crippen LogP contribution in [0.3, 0.4) is 0 Å². The van der Waals surface area contributed by atoms with Crippen LogP contribution in [0, 0.1) is 17.2 Å². The van der Waals surface area contributed by atoms with E-state index >= 15 is 0 Å². The van der Waals surface area contributed by atoms with Gasteiger partial charge in [0.1, 0.15) is 6.04 Å². The van der Waals surface area contributed by atoms with Crippen molar-refractivity contribution in [3.8, 4) is 6.07 Å². The van der Waals surface area contributed by atoms with Crippen molar-refractivity contribution in [2.75, 3.05) is 18.6 Å². The summed E-state index contributed by atoms with van der Waals surface area (Å²) in [6, 6.07) is 11.6. The van der Waals surface area contributed by atoms with Crippen molar-refractivity contribution < 1.29 is 9.53 Å². The Kier molecular flexibility index (Phi) is 4.40. The molecule has 1 fully saturated rings. The fourth-order valence-corrected chi connectivity index (χ4v) is 2.33. The van der Waals surface area contributed by atoms with E-state index in [2.05, 4.69) is 6.07 Å². The first-order valence-corrected chi connectivity index (χ1v) is 6.54. The largest absolute Gasteiger partial charge is 0.467 e. The van der Waals surface area contributed by atoms with Crippen molar-refractivity contribution in [3.63, 3.8) is 0 Å². The molecule has 0 aromatic heterocycles. The number of esters is 1. The van der Waals surface area contributed by atoms with Gasteiger partial charge in [-0.1, -0.05) is 18.2 Å². The highest BCUT2D eigenvalue weighted by Gasteiger charge is 2.41. The van der Waals surface area contributed by atoms with E-state index in [-0.39, 0.29) is 12.0 Å². The molecule has 100 valence electrons. The molecule has 1 aromatic carbocycles. The number of benzene rings is 1. The Labute approximate surface area is 113 Å². The highest BCUT2D eigenvalue weighted by Crippen LogP contribution is 2.37. The van der Waals surface area contributed by atoms with Gasteiger partial charge in [-0.2, -0.15) is 5.26 Å². The molecule has 0 amide bonds. The molecule has 1 aliphatic carbocycles. The zero-order chi connectivity index (χ0) is 13.7. The van der Waals surface area contributed by atoms with Crippen molar-refractivity contribution in [2.45, 2.75) is 25.3 Å². The predicted molar refractivity (Wildman–Crippen MR) is 72.5 cm³/mol. The average Bonchev–Trinajstić information content (AvgIpc) is 3.28. The molecule has 0 aliphatic heterocycles. The maximum atomic E-state index is 12.0. The van der Waals surface area contributed by atoms with E-state index in [0.29, 0.717) is 18.9 Å². The molecular weight excluding hydrogens is 240 g/mol. The van der Waals surface area contributed by atoms with E-state index in [1.807, 2.05) is 35.2 Å². The molecule has 1 atom stereocenters. The van der Waals surface area contributed by atoms with Crippen LogP contribution in [0.1, 0.15) is 19.3 Å². The van der Waals surface area contributed by atoms with Gasteiger partial charge in [0.25, 0.3) is 0 Å². The van der Waals surface area contributed by atoms with Crippen molar-refractivity contribution in [1.82, 2.24) is 0 Å². The number of anilines is 1. The van der Waals surface area contributed by atoms with Crippen molar-refractivity contribution in [3.05, 3.63) is 30.3 Å². The van der Waals surface area contributed by atoms with Crippen LogP contribution >= 0.6 is 0 Å². The Morgan fingerprint density at radius 3 is 2.68 bits per heavy atom. The molecular formula is C15H18N2O2. The fourth-order valence-electron chi connectivity index (χ4n) is 2.33. The molecule has 1 aliphatic rings. The smallest absolute Gasteiger partial charge is 0.328 e. The van der Waals surface area contributed by atoms with Crippen LogP contribution in [0.4, 0.5) is 5.69 Å². The minimum Gasteiger partial charge on any atom is -0.467 e. The normalized spacial score (nSPS) is 15.4. The highest BCUT2D eigenvalue weighted by molar-refractivity contribution is 5.81. The topological polar surface area (TPSA) is 53.3 Å². The summed E-state index contributed by atoms with van der Waals surface area (Å²) >= 11 is 0. The minimum absolute atomic E-state index is 0.204. The number of nitriles is 1. The van der Waals surface area contributed by atoms with Crippen molar-refractivity contribution >= 4 is 11.7 Å². The zero-order valence-corrected chi connectivity index (χ0v) is 11.1. The molecule has 0 saturated heterocycles. The number of rotatable bonds is 6. The van der Waals surface area contributed by atoms with Gasteiger partial charge in [0.15, 0.2) is 0 Å². The van der Waals surface area contributed by atoms with Crippen LogP contribution in [0.15, 0.2) is 30.3 Å². The third kappa shape index (κ3) is 3.25. The van der Waals surface area contributed by atoms with Crippen LogP contribution < -0.4 is 4.90 Å². The third-order valence-electron chi connectivity index (χ3n) is 3.40. The van der Waals surface area contributed by atoms with E-state index in [1.54, 1.807) is 0 Å². The van der Waals surface area contributed by atoms with Gasteiger partial charge in [-0.05, 0) is 30.9 Å². The van der Waals surface area contributed by atoms with E-state index in [4.69, 9.17) is 10.00 Å². The maximum Gasteiger partial charge on any atom is 0.328 e. The standard InChI is InChI=1S/C15H18N2O2/c1-19-15(18)14(12-8-9-12)17(11-5-10-16)13-6-3-2-4-7-13/h2-4,6-7,12,14H,5,8-9,11H2,1H3. The lowest BCUT2D eigenvalue weighted by molar-refractivity contribution is -0.142. The second kappa shape index (κ2) is 6.24. The number of carbonyl (C=O) groups is 1. The molecule has 1 unspecified atom stereocenters. The lowest BCUT2D eigenvalue weighted by atomic mass is 10.1. The minimum atomic E-state index is -0.263. The third-order valence-corrected chi connectivity index (χ3v) is 3.40. The molecule has 2 rings (SSSR count). The monoisotopic (exact) mass is 258 g/mol. The molecule has 0 spiro atoms. The van der Waals surface area contributed by atoms with E-state index in [1.165, 1.54) is 7.11 Å². The Balaban J connectivity index is 2.24. The van der Waals surface area contributed by atoms with E-state index in [0.717, 1.165) is 18.5 Å². The summed E-state index contributed by atoms with van der Waals surface area (Å²) in [6.07, 6.45) is 2.50. The molecule has 1 saturated carbocycles. The number of carbonyl (C=O) groups excluding carboxylic acids is 1. The summed E-state index contributed by atoms with van der Waals surface area (Å²) in [6.45, 7) is 0.552. The van der Waals surface area contributed by atoms with Gasteiger partial charge in [0.2, 0.25) is 0 Å². The van der Waals surface area contributed by atoms with E-state index < -0.39 is 0 Å². The second-order valence-corrected chi connectivity index (χ2v) is 4.74. The average molecular weight is 258 g/mol. The number of hydrogen-bond acceptors (Lipinski definition) is 4. The molecule has 1 aromatic rings. The Hall–Kier alpha value is -2.02. The van der Waals surface area contributed by atoms with Crippen molar-refractivity contribution in [2.24, 2.45) is 5.92 Å². The fraction of sp³-hybridized carbons (Fsp3) is 0.467. The highest BCUT2D eigenvalue weighted by atomic mass is 16.5. The number of methoxy groups -OCH3 is 1. The zero-order valence-electron chi connectivity index (χ0n) is 11.1. The SMILES string of the molecule is COC(=O)C(C1CC1)N(CCC#N)c1ccccc1. The quantitative estimate of drug-likeness (QED) is 0.735. The molecule has 0 radical (unpaired) electrons. The first kappa shape index (κ1) is 13.4. The summed E-state index contributed by atoms with van der Waals surface area (Å²) in [7, 11) is 1.42. The summed E-state index contributed by atoms with van der Waals surface area (Å²) < 4.78 is 4.93. The Morgan fingerprint density at radius 2 is 2.16 bits per heavy atom.